The topological polar surface area (TPSA) is 80.8 Å². The van der Waals surface area contributed by atoms with Crippen LogP contribution in [0.25, 0.3) is 0 Å². The van der Waals surface area contributed by atoms with E-state index in [4.69, 9.17) is 16.3 Å². The van der Waals surface area contributed by atoms with E-state index in [-0.39, 0.29) is 34.4 Å². The van der Waals surface area contributed by atoms with Crippen LogP contribution in [0.15, 0.2) is 77.7 Å². The molecule has 0 N–H and O–H groups in total. The molecule has 1 aliphatic rings. The zero-order chi connectivity index (χ0) is 24.2. The lowest BCUT2D eigenvalue weighted by atomic mass is 10.1. The normalized spacial score (nSPS) is 15.5. The lowest BCUT2D eigenvalue weighted by Gasteiger charge is -2.15. The van der Waals surface area contributed by atoms with Crippen molar-refractivity contribution in [2.75, 3.05) is 11.5 Å². The van der Waals surface area contributed by atoms with Gasteiger partial charge in [-0.3, -0.25) is 14.4 Å². The summed E-state index contributed by atoms with van der Waals surface area (Å²) in [5.74, 6) is -1.70. The van der Waals surface area contributed by atoms with E-state index in [1.807, 2.05) is 31.2 Å². The van der Waals surface area contributed by atoms with E-state index in [1.54, 1.807) is 24.3 Å². The standard InChI is InChI=1S/C26H20ClNO5S/c1-16-6-12-19(13-7-16)34-23-14-24(30)28(25(23)31)18-10-8-17(9-11-18)26(32)33-15-22(29)20-4-2-3-5-21(20)27/h2-13,23H,14-15H2,1H3. The van der Waals surface area contributed by atoms with Gasteiger partial charge < -0.3 is 4.74 Å². The molecule has 3 aromatic carbocycles. The first kappa shape index (κ1) is 23.7. The highest BCUT2D eigenvalue weighted by Crippen LogP contribution is 2.34. The number of Topliss-reactive ketones (excluding diaryl/α,β-unsaturated/α-hetero) is 1. The number of carbonyl (C=O) groups is 4. The van der Waals surface area contributed by atoms with Crippen LogP contribution < -0.4 is 4.90 Å². The number of thioether (sulfide) groups is 1. The highest BCUT2D eigenvalue weighted by atomic mass is 35.5. The molecule has 1 fully saturated rings. The molecule has 0 aromatic heterocycles. The van der Waals surface area contributed by atoms with Crippen molar-refractivity contribution in [2.45, 2.75) is 23.5 Å². The van der Waals surface area contributed by atoms with Crippen molar-refractivity contribution in [2.24, 2.45) is 0 Å². The number of carbonyl (C=O) groups excluding carboxylic acids is 4. The molecule has 1 saturated heterocycles. The fraction of sp³-hybridized carbons (Fsp3) is 0.154. The predicted molar refractivity (Wildman–Crippen MR) is 130 cm³/mol. The largest absolute Gasteiger partial charge is 0.454 e. The summed E-state index contributed by atoms with van der Waals surface area (Å²) >= 11 is 7.35. The van der Waals surface area contributed by atoms with Crippen LogP contribution in [0.1, 0.15) is 32.7 Å². The molecule has 0 aliphatic carbocycles. The summed E-state index contributed by atoms with van der Waals surface area (Å²) in [6, 6.07) is 20.2. The second-order valence-electron chi connectivity index (χ2n) is 7.72. The van der Waals surface area contributed by atoms with Gasteiger partial charge in [0, 0.05) is 16.9 Å². The van der Waals surface area contributed by atoms with Gasteiger partial charge in [-0.15, -0.1) is 11.8 Å². The Morgan fingerprint density at radius 2 is 1.68 bits per heavy atom. The lowest BCUT2D eigenvalue weighted by molar-refractivity contribution is -0.121. The fourth-order valence-corrected chi connectivity index (χ4v) is 4.77. The summed E-state index contributed by atoms with van der Waals surface area (Å²) in [6.07, 6.45) is 0.103. The Morgan fingerprint density at radius 3 is 2.35 bits per heavy atom. The fourth-order valence-electron chi connectivity index (χ4n) is 3.47. The molecular weight excluding hydrogens is 474 g/mol. The van der Waals surface area contributed by atoms with Crippen molar-refractivity contribution in [3.63, 3.8) is 0 Å². The van der Waals surface area contributed by atoms with Crippen LogP contribution in [-0.4, -0.2) is 35.4 Å². The average Bonchev–Trinajstić information content (AvgIpc) is 3.11. The van der Waals surface area contributed by atoms with Crippen molar-refractivity contribution < 1.29 is 23.9 Å². The zero-order valence-electron chi connectivity index (χ0n) is 18.2. The van der Waals surface area contributed by atoms with Gasteiger partial charge in [0.25, 0.3) is 0 Å². The van der Waals surface area contributed by atoms with E-state index >= 15 is 0 Å². The van der Waals surface area contributed by atoms with Crippen molar-refractivity contribution in [1.29, 1.82) is 0 Å². The second kappa shape index (κ2) is 10.2. The molecule has 4 rings (SSSR count). The molecule has 0 radical (unpaired) electrons. The zero-order valence-corrected chi connectivity index (χ0v) is 19.8. The van der Waals surface area contributed by atoms with Crippen LogP contribution in [0, 0.1) is 6.92 Å². The molecule has 1 aliphatic heterocycles. The Morgan fingerprint density at radius 1 is 1.00 bits per heavy atom. The molecule has 3 aromatic rings. The third-order valence-corrected chi connectivity index (χ3v) is 6.80. The Labute approximate surface area is 205 Å². The van der Waals surface area contributed by atoms with E-state index < -0.39 is 23.6 Å². The molecule has 1 unspecified atom stereocenters. The monoisotopic (exact) mass is 493 g/mol. The van der Waals surface area contributed by atoms with Crippen LogP contribution in [0.5, 0.6) is 0 Å². The van der Waals surface area contributed by atoms with Gasteiger partial charge in [0.15, 0.2) is 6.61 Å². The van der Waals surface area contributed by atoms with Crippen molar-refractivity contribution in [3.8, 4) is 0 Å². The van der Waals surface area contributed by atoms with Crippen molar-refractivity contribution in [3.05, 3.63) is 94.5 Å². The van der Waals surface area contributed by atoms with Crippen LogP contribution >= 0.6 is 23.4 Å². The number of benzene rings is 3. The van der Waals surface area contributed by atoms with Gasteiger partial charge in [-0.2, -0.15) is 0 Å². The van der Waals surface area contributed by atoms with E-state index in [1.165, 1.54) is 36.0 Å². The molecule has 8 heteroatoms. The first-order valence-electron chi connectivity index (χ1n) is 10.5. The number of aryl methyl sites for hydroxylation is 1. The maximum Gasteiger partial charge on any atom is 0.338 e. The van der Waals surface area contributed by atoms with Gasteiger partial charge in [0.05, 0.1) is 21.5 Å². The van der Waals surface area contributed by atoms with Crippen LogP contribution in [0.4, 0.5) is 5.69 Å². The number of anilines is 1. The third-order valence-electron chi connectivity index (χ3n) is 5.27. The first-order valence-corrected chi connectivity index (χ1v) is 11.7. The molecule has 6 nitrogen and oxygen atoms in total. The van der Waals surface area contributed by atoms with Gasteiger partial charge in [0.2, 0.25) is 17.6 Å². The molecule has 0 bridgehead atoms. The van der Waals surface area contributed by atoms with Gasteiger partial charge in [-0.05, 0) is 55.5 Å². The third kappa shape index (κ3) is 5.21. The minimum atomic E-state index is -0.696. The quantitative estimate of drug-likeness (QED) is 0.258. The molecule has 0 saturated carbocycles. The summed E-state index contributed by atoms with van der Waals surface area (Å²) in [5, 5.41) is -0.220. The molecular formula is C26H20ClNO5S. The van der Waals surface area contributed by atoms with E-state index in [0.717, 1.165) is 15.4 Å². The lowest BCUT2D eigenvalue weighted by Crippen LogP contribution is -2.31. The number of ketones is 1. The average molecular weight is 494 g/mol. The summed E-state index contributed by atoms with van der Waals surface area (Å²) in [7, 11) is 0. The van der Waals surface area contributed by atoms with Crippen molar-refractivity contribution in [1.82, 2.24) is 0 Å². The smallest absolute Gasteiger partial charge is 0.338 e. The van der Waals surface area contributed by atoms with Gasteiger partial charge in [-0.1, -0.05) is 41.4 Å². The molecule has 34 heavy (non-hydrogen) atoms. The van der Waals surface area contributed by atoms with Gasteiger partial charge in [-0.25, -0.2) is 9.69 Å². The predicted octanol–water partition coefficient (Wildman–Crippen LogP) is 5.11. The number of esters is 1. The second-order valence-corrected chi connectivity index (χ2v) is 9.40. The number of halogens is 1. The van der Waals surface area contributed by atoms with Crippen molar-refractivity contribution >= 4 is 52.6 Å². The van der Waals surface area contributed by atoms with Gasteiger partial charge >= 0.3 is 5.97 Å². The number of rotatable bonds is 7. The number of hydrogen-bond donors (Lipinski definition) is 0. The SMILES string of the molecule is Cc1ccc(SC2CC(=O)N(c3ccc(C(=O)OCC(=O)c4ccccc4Cl)cc3)C2=O)cc1. The summed E-state index contributed by atoms with van der Waals surface area (Å²) in [6.45, 7) is 1.53. The molecule has 1 atom stereocenters. The van der Waals surface area contributed by atoms with Gasteiger partial charge in [0.1, 0.15) is 0 Å². The maximum atomic E-state index is 12.9. The number of imide groups is 1. The van der Waals surface area contributed by atoms with Crippen LogP contribution in [0.2, 0.25) is 5.02 Å². The van der Waals surface area contributed by atoms with E-state index in [9.17, 15) is 19.2 Å². The number of ether oxygens (including phenoxy) is 1. The molecule has 172 valence electrons. The Bertz CT molecular complexity index is 1260. The Balaban J connectivity index is 1.38. The molecule has 2 amide bonds. The van der Waals surface area contributed by atoms with Crippen LogP contribution in [-0.2, 0) is 14.3 Å². The highest BCUT2D eigenvalue weighted by Gasteiger charge is 2.40. The number of nitrogens with zero attached hydrogens (tertiary/aromatic N) is 1. The highest BCUT2D eigenvalue weighted by molar-refractivity contribution is 8.00. The minimum Gasteiger partial charge on any atom is -0.454 e. The molecule has 1 heterocycles. The molecule has 0 spiro atoms. The summed E-state index contributed by atoms with van der Waals surface area (Å²) in [5.41, 5.74) is 1.97. The number of amides is 2. The Kier molecular flexibility index (Phi) is 7.14. The van der Waals surface area contributed by atoms with E-state index in [2.05, 4.69) is 0 Å². The summed E-state index contributed by atoms with van der Waals surface area (Å²) in [4.78, 5) is 52.1. The summed E-state index contributed by atoms with van der Waals surface area (Å²) < 4.78 is 5.10. The van der Waals surface area contributed by atoms with Crippen LogP contribution in [0.3, 0.4) is 0 Å². The minimum absolute atomic E-state index is 0.103. The maximum absolute atomic E-state index is 12.9. The number of hydrogen-bond acceptors (Lipinski definition) is 6. The Hall–Kier alpha value is -3.42. The first-order chi connectivity index (χ1) is 16.3. The van der Waals surface area contributed by atoms with E-state index in [0.29, 0.717) is 5.69 Å².